The number of H-pyrrole nitrogens is 1. The van der Waals surface area contributed by atoms with Gasteiger partial charge in [0.25, 0.3) is 5.56 Å². The van der Waals surface area contributed by atoms with Gasteiger partial charge in [0.1, 0.15) is 23.8 Å². The molecular formula is C17H19N7O2. The first-order chi connectivity index (χ1) is 12.6. The van der Waals surface area contributed by atoms with Gasteiger partial charge in [0, 0.05) is 44.6 Å². The predicted octanol–water partition coefficient (Wildman–Crippen LogP) is 0.345. The van der Waals surface area contributed by atoms with E-state index in [4.69, 9.17) is 0 Å². The number of aromatic nitrogens is 5. The van der Waals surface area contributed by atoms with E-state index in [1.807, 2.05) is 33.9 Å². The average molecular weight is 353 g/mol. The lowest BCUT2D eigenvalue weighted by atomic mass is 10.2. The van der Waals surface area contributed by atoms with Crippen LogP contribution in [0.5, 0.6) is 0 Å². The highest BCUT2D eigenvalue weighted by atomic mass is 16.2. The van der Waals surface area contributed by atoms with Crippen LogP contribution in [-0.4, -0.2) is 43.2 Å². The van der Waals surface area contributed by atoms with E-state index in [0.717, 1.165) is 29.2 Å². The molecule has 0 amide bonds. The lowest BCUT2D eigenvalue weighted by Gasteiger charge is -2.19. The summed E-state index contributed by atoms with van der Waals surface area (Å²) < 4.78 is 2.90. The summed E-state index contributed by atoms with van der Waals surface area (Å²) in [5.41, 5.74) is -0.714. The second-order valence-corrected chi connectivity index (χ2v) is 6.28. The van der Waals surface area contributed by atoms with Crippen LogP contribution in [0, 0.1) is 0 Å². The number of nitrogens with one attached hydrogen (secondary N) is 2. The van der Waals surface area contributed by atoms with Crippen molar-refractivity contribution in [1.82, 2.24) is 24.1 Å². The minimum atomic E-state index is -0.404. The standard InChI is InChI=1S/C17H19N7O2/c1-22-16(25)9-15(21-17(22)26)23-7-5-12(10-23)19-13-3-2-4-14(20-13)24-8-6-18-11-24/h2-4,6,8-9,11-12H,5,7,10H2,1H3,(H,19,20)(H,21,26)/t12-/m0/s1. The molecule has 0 bridgehead atoms. The second-order valence-electron chi connectivity index (χ2n) is 6.28. The molecule has 4 heterocycles. The third kappa shape index (κ3) is 3.10. The van der Waals surface area contributed by atoms with Gasteiger partial charge in [-0.2, -0.15) is 0 Å². The van der Waals surface area contributed by atoms with Crippen LogP contribution in [0.4, 0.5) is 11.6 Å². The maximum Gasteiger partial charge on any atom is 0.329 e. The molecule has 1 aliphatic heterocycles. The van der Waals surface area contributed by atoms with E-state index < -0.39 is 5.69 Å². The van der Waals surface area contributed by atoms with Gasteiger partial charge in [-0.25, -0.2) is 14.8 Å². The van der Waals surface area contributed by atoms with Crippen molar-refractivity contribution in [3.8, 4) is 5.82 Å². The Labute approximate surface area is 149 Å². The molecule has 0 aromatic carbocycles. The summed E-state index contributed by atoms with van der Waals surface area (Å²) in [6.45, 7) is 1.43. The van der Waals surface area contributed by atoms with Gasteiger partial charge in [0.15, 0.2) is 0 Å². The van der Waals surface area contributed by atoms with Crippen molar-refractivity contribution in [3.05, 3.63) is 63.8 Å². The third-order valence-corrected chi connectivity index (χ3v) is 4.51. The van der Waals surface area contributed by atoms with Crippen molar-refractivity contribution >= 4 is 11.6 Å². The summed E-state index contributed by atoms with van der Waals surface area (Å²) in [5.74, 6) is 2.13. The molecule has 4 rings (SSSR count). The van der Waals surface area contributed by atoms with Crippen molar-refractivity contribution in [2.45, 2.75) is 12.5 Å². The van der Waals surface area contributed by atoms with Crippen LogP contribution in [0.25, 0.3) is 5.82 Å². The smallest absolute Gasteiger partial charge is 0.329 e. The molecule has 1 fully saturated rings. The van der Waals surface area contributed by atoms with Crippen molar-refractivity contribution in [2.24, 2.45) is 7.05 Å². The molecule has 9 heteroatoms. The van der Waals surface area contributed by atoms with E-state index in [-0.39, 0.29) is 11.6 Å². The van der Waals surface area contributed by atoms with Crippen molar-refractivity contribution in [2.75, 3.05) is 23.3 Å². The number of rotatable bonds is 4. The maximum atomic E-state index is 11.8. The highest BCUT2D eigenvalue weighted by Gasteiger charge is 2.24. The van der Waals surface area contributed by atoms with E-state index in [1.54, 1.807) is 12.5 Å². The number of imidazole rings is 1. The number of hydrogen-bond donors (Lipinski definition) is 2. The van der Waals surface area contributed by atoms with Crippen molar-refractivity contribution in [3.63, 3.8) is 0 Å². The van der Waals surface area contributed by atoms with Crippen LogP contribution in [0.15, 0.2) is 52.6 Å². The Balaban J connectivity index is 1.47. The minimum Gasteiger partial charge on any atom is -0.365 e. The number of nitrogens with zero attached hydrogens (tertiary/aromatic N) is 5. The molecular weight excluding hydrogens is 334 g/mol. The zero-order valence-corrected chi connectivity index (χ0v) is 14.3. The highest BCUT2D eigenvalue weighted by molar-refractivity contribution is 5.44. The molecule has 0 radical (unpaired) electrons. The first kappa shape index (κ1) is 16.1. The molecule has 0 unspecified atom stereocenters. The van der Waals surface area contributed by atoms with E-state index in [2.05, 4.69) is 20.3 Å². The summed E-state index contributed by atoms with van der Waals surface area (Å²) in [6.07, 6.45) is 6.14. The number of hydrogen-bond acceptors (Lipinski definition) is 6. The molecule has 0 saturated carbocycles. The number of anilines is 2. The summed E-state index contributed by atoms with van der Waals surface area (Å²) in [7, 11) is 1.46. The monoisotopic (exact) mass is 353 g/mol. The van der Waals surface area contributed by atoms with Gasteiger partial charge in [0.05, 0.1) is 0 Å². The van der Waals surface area contributed by atoms with Crippen molar-refractivity contribution in [1.29, 1.82) is 0 Å². The fourth-order valence-corrected chi connectivity index (χ4v) is 3.06. The van der Waals surface area contributed by atoms with Crippen LogP contribution in [0.1, 0.15) is 6.42 Å². The third-order valence-electron chi connectivity index (χ3n) is 4.51. The molecule has 1 saturated heterocycles. The van der Waals surface area contributed by atoms with Crippen LogP contribution in [-0.2, 0) is 7.05 Å². The van der Waals surface area contributed by atoms with E-state index in [0.29, 0.717) is 12.4 Å². The Morgan fingerprint density at radius 2 is 2.19 bits per heavy atom. The van der Waals surface area contributed by atoms with Gasteiger partial charge in [-0.15, -0.1) is 0 Å². The normalized spacial score (nSPS) is 16.8. The fraction of sp³-hybridized carbons (Fsp3) is 0.294. The second kappa shape index (κ2) is 6.51. The molecule has 1 atom stereocenters. The maximum absolute atomic E-state index is 11.8. The fourth-order valence-electron chi connectivity index (χ4n) is 3.06. The minimum absolute atomic E-state index is 0.174. The molecule has 9 nitrogen and oxygen atoms in total. The SMILES string of the molecule is Cn1c(=O)cc(N2CC[C@H](Nc3cccc(-n4ccnc4)n3)C2)[nH]c1=O. The summed E-state index contributed by atoms with van der Waals surface area (Å²) in [5, 5.41) is 3.42. The Morgan fingerprint density at radius 3 is 2.96 bits per heavy atom. The number of pyridine rings is 1. The molecule has 134 valence electrons. The molecule has 26 heavy (non-hydrogen) atoms. The molecule has 3 aromatic heterocycles. The zero-order valence-electron chi connectivity index (χ0n) is 14.3. The van der Waals surface area contributed by atoms with E-state index in [9.17, 15) is 9.59 Å². The number of aromatic amines is 1. The first-order valence-electron chi connectivity index (χ1n) is 8.37. The van der Waals surface area contributed by atoms with Gasteiger partial charge in [0.2, 0.25) is 0 Å². The molecule has 1 aliphatic rings. The largest absolute Gasteiger partial charge is 0.365 e. The summed E-state index contributed by atoms with van der Waals surface area (Å²) in [4.78, 5) is 37.0. The Hall–Kier alpha value is -3.36. The van der Waals surface area contributed by atoms with Crippen LogP contribution < -0.4 is 21.5 Å². The topological polar surface area (TPSA) is 101 Å². The summed E-state index contributed by atoms with van der Waals surface area (Å²) >= 11 is 0. The lowest BCUT2D eigenvalue weighted by Crippen LogP contribution is -2.35. The Kier molecular flexibility index (Phi) is 4.04. The molecule has 0 aliphatic carbocycles. The van der Waals surface area contributed by atoms with Crippen LogP contribution >= 0.6 is 0 Å². The quantitative estimate of drug-likeness (QED) is 0.702. The average Bonchev–Trinajstić information content (AvgIpc) is 3.31. The van der Waals surface area contributed by atoms with Gasteiger partial charge >= 0.3 is 5.69 Å². The van der Waals surface area contributed by atoms with Gasteiger partial charge in [-0.1, -0.05) is 6.07 Å². The van der Waals surface area contributed by atoms with Gasteiger partial charge in [-0.3, -0.25) is 18.9 Å². The predicted molar refractivity (Wildman–Crippen MR) is 97.9 cm³/mol. The zero-order chi connectivity index (χ0) is 18.1. The van der Waals surface area contributed by atoms with Gasteiger partial charge < -0.3 is 10.2 Å². The highest BCUT2D eigenvalue weighted by Crippen LogP contribution is 2.19. The summed E-state index contributed by atoms with van der Waals surface area (Å²) in [6, 6.07) is 7.41. The van der Waals surface area contributed by atoms with Gasteiger partial charge in [-0.05, 0) is 18.6 Å². The molecule has 3 aromatic rings. The first-order valence-corrected chi connectivity index (χ1v) is 8.37. The molecule has 0 spiro atoms. The van der Waals surface area contributed by atoms with Crippen LogP contribution in [0.3, 0.4) is 0 Å². The Morgan fingerprint density at radius 1 is 1.31 bits per heavy atom. The lowest BCUT2D eigenvalue weighted by molar-refractivity contribution is 0.760. The Bertz CT molecular complexity index is 991. The van der Waals surface area contributed by atoms with Crippen LogP contribution in [0.2, 0.25) is 0 Å². The van der Waals surface area contributed by atoms with E-state index >= 15 is 0 Å². The van der Waals surface area contributed by atoms with E-state index in [1.165, 1.54) is 13.1 Å². The van der Waals surface area contributed by atoms with Crippen molar-refractivity contribution < 1.29 is 0 Å². The molecule has 2 N–H and O–H groups in total.